The lowest BCUT2D eigenvalue weighted by Crippen LogP contribution is -2.16. The molecular formula is C22H26N2O3. The van der Waals surface area contributed by atoms with E-state index in [-0.39, 0.29) is 11.6 Å². The highest BCUT2D eigenvalue weighted by Crippen LogP contribution is 2.30. The van der Waals surface area contributed by atoms with Crippen molar-refractivity contribution in [2.45, 2.75) is 12.8 Å². The summed E-state index contributed by atoms with van der Waals surface area (Å²) >= 11 is 0. The summed E-state index contributed by atoms with van der Waals surface area (Å²) in [7, 11) is 7.81. The van der Waals surface area contributed by atoms with Crippen LogP contribution in [-0.2, 0) is 0 Å². The van der Waals surface area contributed by atoms with Crippen LogP contribution in [0.1, 0.15) is 33.6 Å². The largest absolute Gasteiger partial charge is 0.456 e. The summed E-state index contributed by atoms with van der Waals surface area (Å²) in [6, 6.07) is 11.2. The van der Waals surface area contributed by atoms with Crippen molar-refractivity contribution in [3.05, 3.63) is 47.5 Å². The Kier molecular flexibility index (Phi) is 5.73. The smallest absolute Gasteiger partial charge is 0.164 e. The molecule has 0 amide bonds. The van der Waals surface area contributed by atoms with E-state index in [1.54, 1.807) is 12.1 Å². The summed E-state index contributed by atoms with van der Waals surface area (Å²) in [6.07, 6.45) is 0.951. The second-order valence-corrected chi connectivity index (χ2v) is 7.48. The lowest BCUT2D eigenvalue weighted by molar-refractivity contribution is 0.0965. The van der Waals surface area contributed by atoms with E-state index in [2.05, 4.69) is 0 Å². The van der Waals surface area contributed by atoms with E-state index in [4.69, 9.17) is 4.42 Å². The summed E-state index contributed by atoms with van der Waals surface area (Å²) in [5, 5.41) is 1.92. The zero-order valence-corrected chi connectivity index (χ0v) is 16.4. The second kappa shape index (κ2) is 8.03. The molecule has 2 aromatic carbocycles. The Morgan fingerprint density at radius 1 is 0.741 bits per heavy atom. The molecule has 1 aromatic heterocycles. The Morgan fingerprint density at radius 2 is 1.15 bits per heavy atom. The average molecular weight is 366 g/mol. The molecule has 3 aromatic rings. The van der Waals surface area contributed by atoms with E-state index in [0.29, 0.717) is 35.1 Å². The molecule has 1 heterocycles. The minimum atomic E-state index is 0.102. The number of carbonyl (C=O) groups excluding carboxylic acids is 2. The van der Waals surface area contributed by atoms with Crippen LogP contribution >= 0.6 is 0 Å². The molecule has 5 heteroatoms. The molecule has 0 saturated carbocycles. The fourth-order valence-electron chi connectivity index (χ4n) is 3.06. The van der Waals surface area contributed by atoms with Crippen molar-refractivity contribution >= 4 is 33.5 Å². The number of benzene rings is 2. The molecule has 0 aliphatic carbocycles. The Labute approximate surface area is 159 Å². The van der Waals surface area contributed by atoms with Crippen LogP contribution in [0.4, 0.5) is 0 Å². The molecule has 0 aliphatic heterocycles. The van der Waals surface area contributed by atoms with Gasteiger partial charge in [-0.3, -0.25) is 9.59 Å². The summed E-state index contributed by atoms with van der Waals surface area (Å²) in [4.78, 5) is 28.7. The Hall–Kier alpha value is -2.50. The molecule has 0 bridgehead atoms. The maximum absolute atomic E-state index is 12.4. The van der Waals surface area contributed by atoms with Crippen molar-refractivity contribution in [3.63, 3.8) is 0 Å². The second-order valence-electron chi connectivity index (χ2n) is 7.48. The molecule has 0 fully saturated rings. The normalized spacial score (nSPS) is 11.8. The molecule has 0 unspecified atom stereocenters. The standard InChI is InChI=1S/C22H26N2O3/c1-23(2)11-9-19(25)15-5-7-17-18-8-6-16(20(26)10-12-24(3)4)14-22(18)27-21(17)13-15/h5-8,13-14H,9-12H2,1-4H3. The maximum Gasteiger partial charge on any atom is 0.164 e. The van der Waals surface area contributed by atoms with Crippen LogP contribution < -0.4 is 0 Å². The lowest BCUT2D eigenvalue weighted by atomic mass is 10.0. The van der Waals surface area contributed by atoms with Crippen LogP contribution in [0.5, 0.6) is 0 Å². The Balaban J connectivity index is 1.88. The number of furan rings is 1. The topological polar surface area (TPSA) is 53.8 Å². The van der Waals surface area contributed by atoms with E-state index in [1.165, 1.54) is 0 Å². The third-order valence-corrected chi connectivity index (χ3v) is 4.69. The maximum atomic E-state index is 12.4. The van der Waals surface area contributed by atoms with Crippen LogP contribution in [0.15, 0.2) is 40.8 Å². The Bertz CT molecular complexity index is 908. The average Bonchev–Trinajstić information content (AvgIpc) is 3.00. The number of fused-ring (bicyclic) bond motifs is 3. The Morgan fingerprint density at radius 3 is 1.52 bits per heavy atom. The molecule has 0 atom stereocenters. The van der Waals surface area contributed by atoms with Gasteiger partial charge in [0, 0.05) is 47.8 Å². The number of ketones is 2. The summed E-state index contributed by atoms with van der Waals surface area (Å²) in [5.74, 6) is 0.205. The molecule has 27 heavy (non-hydrogen) atoms. The van der Waals surface area contributed by atoms with Crippen molar-refractivity contribution < 1.29 is 14.0 Å². The van der Waals surface area contributed by atoms with Crippen LogP contribution in [-0.4, -0.2) is 62.6 Å². The van der Waals surface area contributed by atoms with E-state index in [9.17, 15) is 9.59 Å². The molecular weight excluding hydrogens is 340 g/mol. The van der Waals surface area contributed by atoms with Crippen molar-refractivity contribution in [1.82, 2.24) is 9.80 Å². The quantitative estimate of drug-likeness (QED) is 0.567. The molecule has 0 saturated heterocycles. The van der Waals surface area contributed by atoms with Gasteiger partial charge in [0.15, 0.2) is 11.6 Å². The van der Waals surface area contributed by atoms with Gasteiger partial charge < -0.3 is 14.2 Å². The minimum absolute atomic E-state index is 0.102. The first-order valence-corrected chi connectivity index (χ1v) is 9.17. The van der Waals surface area contributed by atoms with Gasteiger partial charge in [-0.1, -0.05) is 12.1 Å². The summed E-state index contributed by atoms with van der Waals surface area (Å²) in [5.41, 5.74) is 2.67. The third kappa shape index (κ3) is 4.43. The van der Waals surface area contributed by atoms with Gasteiger partial charge in [0.05, 0.1) is 0 Å². The lowest BCUT2D eigenvalue weighted by Gasteiger charge is -2.08. The summed E-state index contributed by atoms with van der Waals surface area (Å²) < 4.78 is 5.96. The number of rotatable bonds is 8. The highest BCUT2D eigenvalue weighted by Gasteiger charge is 2.14. The fraction of sp³-hybridized carbons (Fsp3) is 0.364. The van der Waals surface area contributed by atoms with Gasteiger partial charge in [0.25, 0.3) is 0 Å². The fourth-order valence-corrected chi connectivity index (χ4v) is 3.06. The zero-order chi connectivity index (χ0) is 19.6. The number of carbonyl (C=O) groups is 2. The first-order chi connectivity index (χ1) is 12.8. The van der Waals surface area contributed by atoms with Gasteiger partial charge in [-0.2, -0.15) is 0 Å². The minimum Gasteiger partial charge on any atom is -0.456 e. The molecule has 0 spiro atoms. The van der Waals surface area contributed by atoms with Gasteiger partial charge in [-0.15, -0.1) is 0 Å². The highest BCUT2D eigenvalue weighted by molar-refractivity contribution is 6.09. The van der Waals surface area contributed by atoms with E-state index < -0.39 is 0 Å². The molecule has 3 rings (SSSR count). The van der Waals surface area contributed by atoms with Crippen molar-refractivity contribution in [1.29, 1.82) is 0 Å². The number of Topliss-reactive ketones (excluding diaryl/α,β-unsaturated/α-hetero) is 2. The van der Waals surface area contributed by atoms with E-state index in [1.807, 2.05) is 62.3 Å². The van der Waals surface area contributed by atoms with Crippen LogP contribution in [0.2, 0.25) is 0 Å². The first-order valence-electron chi connectivity index (χ1n) is 9.17. The van der Waals surface area contributed by atoms with Crippen LogP contribution in [0.3, 0.4) is 0 Å². The van der Waals surface area contributed by atoms with Gasteiger partial charge in [-0.25, -0.2) is 0 Å². The van der Waals surface area contributed by atoms with Crippen molar-refractivity contribution in [2.75, 3.05) is 41.3 Å². The van der Waals surface area contributed by atoms with Gasteiger partial charge >= 0.3 is 0 Å². The van der Waals surface area contributed by atoms with Gasteiger partial charge in [0.1, 0.15) is 11.2 Å². The van der Waals surface area contributed by atoms with Crippen LogP contribution in [0, 0.1) is 0 Å². The predicted octanol–water partition coefficient (Wildman–Crippen LogP) is 3.85. The number of hydrogen-bond acceptors (Lipinski definition) is 5. The molecule has 0 aliphatic rings. The summed E-state index contributed by atoms with van der Waals surface area (Å²) in [6.45, 7) is 1.44. The molecule has 0 N–H and O–H groups in total. The highest BCUT2D eigenvalue weighted by atomic mass is 16.3. The first kappa shape index (κ1) is 19.3. The number of nitrogens with zero attached hydrogens (tertiary/aromatic N) is 2. The number of hydrogen-bond donors (Lipinski definition) is 0. The van der Waals surface area contributed by atoms with Crippen molar-refractivity contribution in [3.8, 4) is 0 Å². The predicted molar refractivity (Wildman–Crippen MR) is 109 cm³/mol. The van der Waals surface area contributed by atoms with E-state index in [0.717, 1.165) is 23.9 Å². The third-order valence-electron chi connectivity index (χ3n) is 4.69. The SMILES string of the molecule is CN(C)CCC(=O)c1ccc2c(c1)oc1cc(C(=O)CCN(C)C)ccc12. The zero-order valence-electron chi connectivity index (χ0n) is 16.4. The molecule has 142 valence electrons. The van der Waals surface area contributed by atoms with Gasteiger partial charge in [-0.05, 0) is 52.5 Å². The molecule has 5 nitrogen and oxygen atoms in total. The van der Waals surface area contributed by atoms with Crippen LogP contribution in [0.25, 0.3) is 21.9 Å². The van der Waals surface area contributed by atoms with E-state index >= 15 is 0 Å². The van der Waals surface area contributed by atoms with Crippen molar-refractivity contribution in [2.24, 2.45) is 0 Å². The molecule has 0 radical (unpaired) electrons. The monoisotopic (exact) mass is 366 g/mol. The van der Waals surface area contributed by atoms with Gasteiger partial charge in [0.2, 0.25) is 0 Å².